The molecule has 1 heterocycles. The van der Waals surface area contributed by atoms with E-state index >= 15 is 0 Å². The molecule has 0 saturated heterocycles. The van der Waals surface area contributed by atoms with Crippen LogP contribution in [0.4, 0.5) is 21.5 Å². The minimum absolute atomic E-state index is 0.115. The fourth-order valence-corrected chi connectivity index (χ4v) is 4.68. The van der Waals surface area contributed by atoms with E-state index in [0.29, 0.717) is 6.42 Å². The summed E-state index contributed by atoms with van der Waals surface area (Å²) in [6.07, 6.45) is 1.20. The smallest absolute Gasteiger partial charge is 0.163 e. The number of hydrogen-bond donors (Lipinski definition) is 2. The fraction of sp³-hybridized carbons (Fsp3) is 0.222. The molecule has 2 aliphatic rings. The van der Waals surface area contributed by atoms with Crippen LogP contribution in [0.5, 0.6) is 0 Å². The molecule has 0 fully saturated rings. The van der Waals surface area contributed by atoms with Crippen molar-refractivity contribution < 1.29 is 9.18 Å². The van der Waals surface area contributed by atoms with Crippen LogP contribution in [0.15, 0.2) is 84.1 Å². The van der Waals surface area contributed by atoms with Crippen molar-refractivity contribution in [3.8, 4) is 0 Å². The van der Waals surface area contributed by atoms with E-state index in [1.54, 1.807) is 12.1 Å². The number of benzene rings is 3. The Morgan fingerprint density at radius 3 is 2.19 bits per heavy atom. The molecule has 0 saturated carbocycles. The number of halogens is 1. The van der Waals surface area contributed by atoms with Crippen molar-refractivity contribution in [2.45, 2.75) is 24.8 Å². The highest BCUT2D eigenvalue weighted by molar-refractivity contribution is 6.01. The number of fused-ring (bicyclic) bond motifs is 1. The number of nitrogens with one attached hydrogen (secondary N) is 2. The van der Waals surface area contributed by atoms with Crippen LogP contribution in [-0.4, -0.2) is 19.9 Å². The van der Waals surface area contributed by atoms with Crippen LogP contribution in [0.2, 0.25) is 0 Å². The second kappa shape index (κ2) is 8.15. The third-order valence-corrected chi connectivity index (χ3v) is 6.39. The summed E-state index contributed by atoms with van der Waals surface area (Å²) in [5, 5.41) is 7.08. The molecule has 0 amide bonds. The highest BCUT2D eigenvalue weighted by Crippen LogP contribution is 2.44. The van der Waals surface area contributed by atoms with Crippen LogP contribution in [-0.2, 0) is 4.79 Å². The average Bonchev–Trinajstić information content (AvgIpc) is 2.96. The van der Waals surface area contributed by atoms with Crippen molar-refractivity contribution in [2.75, 3.05) is 29.6 Å². The molecule has 3 aromatic rings. The van der Waals surface area contributed by atoms with Gasteiger partial charge in [-0.15, -0.1) is 0 Å². The Kier molecular flexibility index (Phi) is 5.17. The number of ketones is 1. The molecular weight excluding hydrogens is 401 g/mol. The molecule has 0 aromatic heterocycles. The van der Waals surface area contributed by atoms with Gasteiger partial charge in [0.1, 0.15) is 5.82 Å². The van der Waals surface area contributed by atoms with E-state index in [0.717, 1.165) is 40.3 Å². The van der Waals surface area contributed by atoms with Crippen LogP contribution in [0, 0.1) is 5.82 Å². The molecule has 0 unspecified atom stereocenters. The second-order valence-electron chi connectivity index (χ2n) is 8.71. The van der Waals surface area contributed by atoms with Crippen molar-refractivity contribution in [3.05, 3.63) is 101 Å². The van der Waals surface area contributed by atoms with Gasteiger partial charge in [0.15, 0.2) is 5.78 Å². The molecule has 2 atom stereocenters. The molecule has 1 aliphatic carbocycles. The topological polar surface area (TPSA) is 44.4 Å². The molecule has 32 heavy (non-hydrogen) atoms. The highest BCUT2D eigenvalue weighted by atomic mass is 19.1. The maximum absolute atomic E-state index is 13.6. The van der Waals surface area contributed by atoms with Crippen LogP contribution >= 0.6 is 0 Å². The normalized spacial score (nSPS) is 19.9. The number of Topliss-reactive ketones (excluding diaryl/α,β-unsaturated/α-hetero) is 1. The Balaban J connectivity index is 1.55. The van der Waals surface area contributed by atoms with Gasteiger partial charge in [-0.1, -0.05) is 36.4 Å². The number of nitrogens with zero attached hydrogens (tertiary/aromatic N) is 1. The average molecular weight is 428 g/mol. The lowest BCUT2D eigenvalue weighted by Crippen LogP contribution is -2.26. The van der Waals surface area contributed by atoms with Gasteiger partial charge in [0, 0.05) is 37.5 Å². The Morgan fingerprint density at radius 2 is 1.50 bits per heavy atom. The van der Waals surface area contributed by atoms with Gasteiger partial charge in [-0.2, -0.15) is 0 Å². The van der Waals surface area contributed by atoms with Crippen molar-refractivity contribution >= 4 is 22.8 Å². The summed E-state index contributed by atoms with van der Waals surface area (Å²) in [5.74, 6) is -0.0505. The third-order valence-electron chi connectivity index (χ3n) is 6.39. The van der Waals surface area contributed by atoms with E-state index in [-0.39, 0.29) is 23.6 Å². The zero-order valence-electron chi connectivity index (χ0n) is 18.2. The predicted octanol–water partition coefficient (Wildman–Crippen LogP) is 5.87. The number of carbonyl (C=O) groups excluding carboxylic acids is 1. The van der Waals surface area contributed by atoms with E-state index in [1.807, 2.05) is 38.4 Å². The molecule has 162 valence electrons. The maximum atomic E-state index is 13.6. The summed E-state index contributed by atoms with van der Waals surface area (Å²) < 4.78 is 13.6. The molecule has 2 N–H and O–H groups in total. The quantitative estimate of drug-likeness (QED) is 0.549. The van der Waals surface area contributed by atoms with E-state index in [9.17, 15) is 9.18 Å². The van der Waals surface area contributed by atoms with Gasteiger partial charge < -0.3 is 15.5 Å². The van der Waals surface area contributed by atoms with Gasteiger partial charge in [0.05, 0.1) is 17.4 Å². The lowest BCUT2D eigenvalue weighted by atomic mass is 9.78. The Bertz CT molecular complexity index is 1180. The summed E-state index contributed by atoms with van der Waals surface area (Å²) in [6, 6.07) is 22.5. The minimum Gasteiger partial charge on any atom is -0.378 e. The molecule has 5 heteroatoms. The SMILES string of the molecule is CN(C)c1ccc([C@@H]2CC(=O)C3=C(C2)Nc2ccccc2N[C@@H]3c2ccc(F)cc2)cc1. The zero-order valence-corrected chi connectivity index (χ0v) is 18.2. The highest BCUT2D eigenvalue weighted by Gasteiger charge is 2.36. The van der Waals surface area contributed by atoms with Gasteiger partial charge in [-0.3, -0.25) is 4.79 Å². The van der Waals surface area contributed by atoms with Gasteiger partial charge >= 0.3 is 0 Å². The molecule has 4 nitrogen and oxygen atoms in total. The molecule has 1 aliphatic heterocycles. The number of hydrogen-bond acceptors (Lipinski definition) is 4. The van der Waals surface area contributed by atoms with E-state index in [1.165, 1.54) is 17.7 Å². The lowest BCUT2D eigenvalue weighted by Gasteiger charge is -2.30. The predicted molar refractivity (Wildman–Crippen MR) is 128 cm³/mol. The molecule has 0 spiro atoms. The lowest BCUT2D eigenvalue weighted by molar-refractivity contribution is -0.116. The largest absolute Gasteiger partial charge is 0.378 e. The summed E-state index contributed by atoms with van der Waals surface area (Å²) >= 11 is 0. The molecule has 0 bridgehead atoms. The number of para-hydroxylation sites is 2. The first-order valence-corrected chi connectivity index (χ1v) is 10.9. The zero-order chi connectivity index (χ0) is 22.2. The van der Waals surface area contributed by atoms with E-state index in [2.05, 4.69) is 39.8 Å². The summed E-state index contributed by atoms with van der Waals surface area (Å²) in [7, 11) is 4.04. The summed E-state index contributed by atoms with van der Waals surface area (Å²) in [6.45, 7) is 0. The first-order valence-electron chi connectivity index (χ1n) is 10.9. The molecule has 0 radical (unpaired) electrons. The molecule has 3 aromatic carbocycles. The van der Waals surface area contributed by atoms with Crippen molar-refractivity contribution in [1.29, 1.82) is 0 Å². The Hall–Kier alpha value is -3.60. The number of anilines is 3. The number of carbonyl (C=O) groups is 1. The van der Waals surface area contributed by atoms with Crippen LogP contribution in [0.25, 0.3) is 0 Å². The van der Waals surface area contributed by atoms with Crippen molar-refractivity contribution in [3.63, 3.8) is 0 Å². The van der Waals surface area contributed by atoms with Gasteiger partial charge in [-0.25, -0.2) is 4.39 Å². The second-order valence-corrected chi connectivity index (χ2v) is 8.71. The van der Waals surface area contributed by atoms with Crippen LogP contribution < -0.4 is 15.5 Å². The third kappa shape index (κ3) is 3.75. The van der Waals surface area contributed by atoms with E-state index < -0.39 is 0 Å². The standard InChI is InChI=1S/C27H26FN3O/c1-31(2)21-13-9-17(10-14-21)19-15-24-26(25(32)16-19)27(18-7-11-20(28)12-8-18)30-23-6-4-3-5-22(23)29-24/h3-14,19,27,29-30H,15-16H2,1-2H3/t19-,27+/m0/s1. The first kappa shape index (κ1) is 20.3. The Labute approximate surface area is 187 Å². The Morgan fingerprint density at radius 1 is 0.844 bits per heavy atom. The molecule has 5 rings (SSSR count). The van der Waals surface area contributed by atoms with Gasteiger partial charge in [0.2, 0.25) is 0 Å². The first-order chi connectivity index (χ1) is 15.5. The van der Waals surface area contributed by atoms with Gasteiger partial charge in [0.25, 0.3) is 0 Å². The van der Waals surface area contributed by atoms with Crippen molar-refractivity contribution in [2.24, 2.45) is 0 Å². The van der Waals surface area contributed by atoms with E-state index in [4.69, 9.17) is 0 Å². The molecular formula is C27H26FN3O. The van der Waals surface area contributed by atoms with Crippen molar-refractivity contribution in [1.82, 2.24) is 0 Å². The number of rotatable bonds is 3. The van der Waals surface area contributed by atoms with Gasteiger partial charge in [-0.05, 0) is 59.9 Å². The fourth-order valence-electron chi connectivity index (χ4n) is 4.68. The van der Waals surface area contributed by atoms with Crippen LogP contribution in [0.1, 0.15) is 35.9 Å². The maximum Gasteiger partial charge on any atom is 0.163 e. The summed E-state index contributed by atoms with van der Waals surface area (Å²) in [5.41, 5.74) is 6.74. The van der Waals surface area contributed by atoms with Crippen LogP contribution in [0.3, 0.4) is 0 Å². The minimum atomic E-state index is -0.327. The monoisotopic (exact) mass is 427 g/mol. The number of allylic oxidation sites excluding steroid dienone is 1. The summed E-state index contributed by atoms with van der Waals surface area (Å²) in [4.78, 5) is 15.6.